The van der Waals surface area contributed by atoms with Crippen LogP contribution in [0.2, 0.25) is 0 Å². The van der Waals surface area contributed by atoms with Crippen molar-refractivity contribution in [1.29, 1.82) is 0 Å². The molecule has 79 valence electrons. The SMILES string of the molecule is O=C(O)OC(=O)c1ccccc1.[Cr].[Cu]. The summed E-state index contributed by atoms with van der Waals surface area (Å²) in [4.78, 5) is 20.8. The number of carbonyl (C=O) groups excluding carboxylic acids is 1. The summed E-state index contributed by atoms with van der Waals surface area (Å²) < 4.78 is 3.91. The number of rotatable bonds is 1. The summed E-state index contributed by atoms with van der Waals surface area (Å²) in [5, 5.41) is 8.10. The van der Waals surface area contributed by atoms with Gasteiger partial charge in [0.2, 0.25) is 0 Å². The molecule has 0 bridgehead atoms. The quantitative estimate of drug-likeness (QED) is 0.481. The van der Waals surface area contributed by atoms with Crippen LogP contribution in [0.4, 0.5) is 4.79 Å². The van der Waals surface area contributed by atoms with Gasteiger partial charge in [-0.2, -0.15) is 0 Å². The van der Waals surface area contributed by atoms with Crippen molar-refractivity contribution in [3.63, 3.8) is 0 Å². The fourth-order valence-electron chi connectivity index (χ4n) is 0.712. The molecule has 1 aromatic rings. The van der Waals surface area contributed by atoms with Gasteiger partial charge in [-0.25, -0.2) is 9.59 Å². The maximum atomic E-state index is 10.9. The predicted molar refractivity (Wildman–Crippen MR) is 39.9 cm³/mol. The van der Waals surface area contributed by atoms with Crippen molar-refractivity contribution in [3.05, 3.63) is 35.9 Å². The van der Waals surface area contributed by atoms with E-state index < -0.39 is 12.1 Å². The molecule has 1 rings (SSSR count). The van der Waals surface area contributed by atoms with Crippen LogP contribution < -0.4 is 0 Å². The van der Waals surface area contributed by atoms with Crippen LogP contribution in [0, 0.1) is 0 Å². The average molecular weight is 282 g/mol. The van der Waals surface area contributed by atoms with Crippen molar-refractivity contribution in [2.24, 2.45) is 0 Å². The van der Waals surface area contributed by atoms with Crippen molar-refractivity contribution in [2.45, 2.75) is 0 Å². The molecule has 6 heteroatoms. The zero-order valence-corrected chi connectivity index (χ0v) is 8.99. The molecule has 0 saturated heterocycles. The van der Waals surface area contributed by atoms with Gasteiger partial charge in [-0.3, -0.25) is 0 Å². The number of ether oxygens (including phenoxy) is 1. The van der Waals surface area contributed by atoms with Crippen LogP contribution >= 0.6 is 0 Å². The Kier molecular flexibility index (Phi) is 8.51. The summed E-state index contributed by atoms with van der Waals surface area (Å²) in [6, 6.07) is 7.92. The maximum Gasteiger partial charge on any atom is 0.513 e. The van der Waals surface area contributed by atoms with Crippen molar-refractivity contribution in [1.82, 2.24) is 0 Å². The molecule has 0 spiro atoms. The summed E-state index contributed by atoms with van der Waals surface area (Å²) in [5.74, 6) is -0.858. The van der Waals surface area contributed by atoms with E-state index in [-0.39, 0.29) is 40.0 Å². The number of esters is 1. The molecule has 0 aromatic heterocycles. The molecular formula is C8H6CrCuO4. The molecule has 0 saturated carbocycles. The van der Waals surface area contributed by atoms with Crippen LogP contribution in [-0.2, 0) is 39.2 Å². The summed E-state index contributed by atoms with van der Waals surface area (Å²) in [6.07, 6.45) is -1.59. The van der Waals surface area contributed by atoms with Gasteiger partial charge >= 0.3 is 12.1 Å². The van der Waals surface area contributed by atoms with Crippen molar-refractivity contribution in [3.8, 4) is 0 Å². The van der Waals surface area contributed by atoms with E-state index in [1.807, 2.05) is 0 Å². The molecular weight excluding hydrogens is 276 g/mol. The second-order valence-corrected chi connectivity index (χ2v) is 2.02. The Morgan fingerprint density at radius 3 is 2.07 bits per heavy atom. The third-order valence-corrected chi connectivity index (χ3v) is 1.19. The topological polar surface area (TPSA) is 63.6 Å². The molecule has 0 unspecified atom stereocenters. The van der Waals surface area contributed by atoms with Crippen molar-refractivity contribution < 1.29 is 53.9 Å². The summed E-state index contributed by atoms with van der Waals surface area (Å²) in [7, 11) is 0. The van der Waals surface area contributed by atoms with Crippen LogP contribution in [0.5, 0.6) is 0 Å². The number of hydrogen-bond acceptors (Lipinski definition) is 3. The molecule has 4 nitrogen and oxygen atoms in total. The normalized spacial score (nSPS) is 7.71. The third-order valence-electron chi connectivity index (χ3n) is 1.19. The number of carboxylic acid groups (broad SMARTS) is 1. The molecule has 0 aliphatic carbocycles. The molecule has 0 aliphatic heterocycles. The average Bonchev–Trinajstić information content (AvgIpc) is 2.05. The van der Waals surface area contributed by atoms with Gasteiger partial charge in [0.1, 0.15) is 0 Å². The number of benzene rings is 1. The Labute approximate surface area is 102 Å². The minimum absolute atomic E-state index is 0. The molecule has 0 heterocycles. The van der Waals surface area contributed by atoms with Gasteiger partial charge in [-0.05, 0) is 12.1 Å². The monoisotopic (exact) mass is 281 g/mol. The van der Waals surface area contributed by atoms with Crippen LogP contribution in [0.3, 0.4) is 0 Å². The Hall–Kier alpha value is -0.788. The number of hydrogen-bond donors (Lipinski definition) is 1. The third kappa shape index (κ3) is 5.05. The molecule has 0 fully saturated rings. The molecule has 1 radical (unpaired) electrons. The number of carbonyl (C=O) groups is 2. The van der Waals surface area contributed by atoms with Crippen LogP contribution in [0.1, 0.15) is 10.4 Å². The van der Waals surface area contributed by atoms with Crippen molar-refractivity contribution >= 4 is 12.1 Å². The fourth-order valence-corrected chi connectivity index (χ4v) is 0.712. The molecule has 14 heavy (non-hydrogen) atoms. The van der Waals surface area contributed by atoms with Gasteiger partial charge < -0.3 is 9.84 Å². The Bertz CT molecular complexity index is 301. The van der Waals surface area contributed by atoms with E-state index >= 15 is 0 Å². The van der Waals surface area contributed by atoms with E-state index in [2.05, 4.69) is 4.74 Å². The van der Waals surface area contributed by atoms with E-state index in [4.69, 9.17) is 5.11 Å². The minimum atomic E-state index is -1.59. The second kappa shape index (κ2) is 7.60. The van der Waals surface area contributed by atoms with Gasteiger partial charge in [0.25, 0.3) is 0 Å². The largest absolute Gasteiger partial charge is 0.513 e. The zero-order valence-electron chi connectivity index (χ0n) is 6.77. The zero-order chi connectivity index (χ0) is 8.97. The van der Waals surface area contributed by atoms with Crippen LogP contribution in [-0.4, -0.2) is 17.2 Å². The van der Waals surface area contributed by atoms with Gasteiger partial charge in [0.05, 0.1) is 5.56 Å². The van der Waals surface area contributed by atoms with Crippen LogP contribution in [0.25, 0.3) is 0 Å². The molecule has 1 aromatic carbocycles. The van der Waals surface area contributed by atoms with Gasteiger partial charge in [0, 0.05) is 34.4 Å². The maximum absolute atomic E-state index is 10.9. The first-order valence-electron chi connectivity index (χ1n) is 3.20. The van der Waals surface area contributed by atoms with E-state index in [1.165, 1.54) is 12.1 Å². The van der Waals surface area contributed by atoms with Crippen molar-refractivity contribution in [2.75, 3.05) is 0 Å². The first-order chi connectivity index (χ1) is 5.70. The van der Waals surface area contributed by atoms with E-state index in [0.717, 1.165) is 0 Å². The van der Waals surface area contributed by atoms with Crippen LogP contribution in [0.15, 0.2) is 30.3 Å². The summed E-state index contributed by atoms with van der Waals surface area (Å²) in [6.45, 7) is 0. The molecule has 0 amide bonds. The Morgan fingerprint density at radius 1 is 1.14 bits per heavy atom. The smallest absolute Gasteiger partial charge is 0.449 e. The van der Waals surface area contributed by atoms with E-state index in [0.29, 0.717) is 0 Å². The first kappa shape index (κ1) is 15.7. The molecule has 0 atom stereocenters. The van der Waals surface area contributed by atoms with Gasteiger partial charge in [0.15, 0.2) is 0 Å². The Morgan fingerprint density at radius 2 is 1.64 bits per heavy atom. The van der Waals surface area contributed by atoms with Gasteiger partial charge in [-0.1, -0.05) is 18.2 Å². The molecule has 1 N–H and O–H groups in total. The fraction of sp³-hybridized carbons (Fsp3) is 0. The molecule has 0 aliphatic rings. The standard InChI is InChI=1S/C8H6O4.Cr.Cu/c9-7(12-8(10)11)6-4-2-1-3-5-6;;/h1-5H,(H,10,11);;. The van der Waals surface area contributed by atoms with E-state index in [1.54, 1.807) is 18.2 Å². The second-order valence-electron chi connectivity index (χ2n) is 2.02. The minimum Gasteiger partial charge on any atom is -0.449 e. The Balaban J connectivity index is 0. The summed E-state index contributed by atoms with van der Waals surface area (Å²) in [5.41, 5.74) is 0.222. The summed E-state index contributed by atoms with van der Waals surface area (Å²) >= 11 is 0. The first-order valence-corrected chi connectivity index (χ1v) is 3.20. The van der Waals surface area contributed by atoms with E-state index in [9.17, 15) is 9.59 Å². The predicted octanol–water partition coefficient (Wildman–Crippen LogP) is 1.52. The van der Waals surface area contributed by atoms with Gasteiger partial charge in [-0.15, -0.1) is 0 Å².